The Morgan fingerprint density at radius 3 is 2.44 bits per heavy atom. The van der Waals surface area contributed by atoms with Crippen LogP contribution in [-0.4, -0.2) is 16.0 Å². The van der Waals surface area contributed by atoms with Crippen molar-refractivity contribution in [3.63, 3.8) is 0 Å². The summed E-state index contributed by atoms with van der Waals surface area (Å²) >= 11 is 0. The van der Waals surface area contributed by atoms with Gasteiger partial charge in [0.15, 0.2) is 5.79 Å². The monoisotopic (exact) mass is 130 g/mol. The summed E-state index contributed by atoms with van der Waals surface area (Å²) < 4.78 is 0. The van der Waals surface area contributed by atoms with Crippen LogP contribution in [0.2, 0.25) is 0 Å². The molecule has 0 amide bonds. The largest absolute Gasteiger partial charge is 0.365 e. The average Bonchev–Trinajstić information content (AvgIpc) is 2.08. The van der Waals surface area contributed by atoms with Crippen LogP contribution in [0, 0.1) is 5.92 Å². The van der Waals surface area contributed by atoms with Gasteiger partial charge in [0.25, 0.3) is 0 Å². The first-order chi connectivity index (χ1) is 4.17. The van der Waals surface area contributed by atoms with E-state index < -0.39 is 5.79 Å². The molecule has 1 rings (SSSR count). The van der Waals surface area contributed by atoms with Crippen LogP contribution in [0.1, 0.15) is 32.6 Å². The SMILES string of the molecule is CCC1CCCC1(O)O. The zero-order chi connectivity index (χ0) is 6.91. The molecule has 0 radical (unpaired) electrons. The highest BCUT2D eigenvalue weighted by Gasteiger charge is 2.37. The van der Waals surface area contributed by atoms with Gasteiger partial charge in [-0.1, -0.05) is 6.92 Å². The number of rotatable bonds is 1. The van der Waals surface area contributed by atoms with Crippen molar-refractivity contribution in [2.75, 3.05) is 0 Å². The van der Waals surface area contributed by atoms with Gasteiger partial charge in [-0.25, -0.2) is 0 Å². The summed E-state index contributed by atoms with van der Waals surface area (Å²) in [5.74, 6) is -1.22. The molecule has 1 unspecified atom stereocenters. The molecule has 1 atom stereocenters. The molecule has 1 saturated carbocycles. The van der Waals surface area contributed by atoms with Crippen molar-refractivity contribution >= 4 is 0 Å². The van der Waals surface area contributed by atoms with Gasteiger partial charge in [0.1, 0.15) is 0 Å². The summed E-state index contributed by atoms with van der Waals surface area (Å²) in [7, 11) is 0. The maximum atomic E-state index is 9.21. The lowest BCUT2D eigenvalue weighted by Gasteiger charge is -2.22. The van der Waals surface area contributed by atoms with E-state index in [4.69, 9.17) is 0 Å². The van der Waals surface area contributed by atoms with Crippen molar-refractivity contribution in [2.24, 2.45) is 5.92 Å². The molecule has 0 aromatic heterocycles. The van der Waals surface area contributed by atoms with E-state index in [1.165, 1.54) is 0 Å². The van der Waals surface area contributed by atoms with E-state index in [-0.39, 0.29) is 5.92 Å². The minimum Gasteiger partial charge on any atom is -0.365 e. The lowest BCUT2D eigenvalue weighted by Crippen LogP contribution is -2.31. The Morgan fingerprint density at radius 2 is 2.22 bits per heavy atom. The molecular formula is C7H14O2. The summed E-state index contributed by atoms with van der Waals surface area (Å²) in [6.07, 6.45) is 3.38. The van der Waals surface area contributed by atoms with E-state index in [0.717, 1.165) is 19.3 Å². The highest BCUT2D eigenvalue weighted by atomic mass is 16.5. The number of hydrogen-bond donors (Lipinski definition) is 2. The number of aliphatic hydroxyl groups is 2. The van der Waals surface area contributed by atoms with Crippen LogP contribution in [0.3, 0.4) is 0 Å². The van der Waals surface area contributed by atoms with E-state index in [0.29, 0.717) is 6.42 Å². The molecule has 2 nitrogen and oxygen atoms in total. The standard InChI is InChI=1S/C7H14O2/c1-2-6-4-3-5-7(6,8)9/h6,8-9H,2-5H2,1H3. The smallest absolute Gasteiger partial charge is 0.165 e. The first-order valence-electron chi connectivity index (χ1n) is 3.61. The molecule has 0 aliphatic heterocycles. The topological polar surface area (TPSA) is 40.5 Å². The fourth-order valence-electron chi connectivity index (χ4n) is 1.57. The van der Waals surface area contributed by atoms with Crippen LogP contribution in [0.4, 0.5) is 0 Å². The second-order valence-corrected chi connectivity index (χ2v) is 2.88. The normalized spacial score (nSPS) is 33.0. The highest BCUT2D eigenvalue weighted by molar-refractivity contribution is 4.81. The third-order valence-electron chi connectivity index (χ3n) is 2.24. The maximum Gasteiger partial charge on any atom is 0.165 e. The summed E-state index contributed by atoms with van der Waals surface area (Å²) in [5, 5.41) is 18.4. The van der Waals surface area contributed by atoms with E-state index >= 15 is 0 Å². The van der Waals surface area contributed by atoms with Gasteiger partial charge in [0.05, 0.1) is 0 Å². The lowest BCUT2D eigenvalue weighted by atomic mass is 10.0. The zero-order valence-electron chi connectivity index (χ0n) is 5.80. The van der Waals surface area contributed by atoms with Crippen molar-refractivity contribution in [1.29, 1.82) is 0 Å². The Morgan fingerprint density at radius 1 is 1.56 bits per heavy atom. The summed E-state index contributed by atoms with van der Waals surface area (Å²) in [4.78, 5) is 0. The van der Waals surface area contributed by atoms with Gasteiger partial charge in [0.2, 0.25) is 0 Å². The molecule has 54 valence electrons. The van der Waals surface area contributed by atoms with Crippen LogP contribution in [0.15, 0.2) is 0 Å². The third-order valence-corrected chi connectivity index (χ3v) is 2.24. The Labute approximate surface area is 55.5 Å². The van der Waals surface area contributed by atoms with Crippen LogP contribution in [0.5, 0.6) is 0 Å². The molecule has 0 aromatic carbocycles. The summed E-state index contributed by atoms with van der Waals surface area (Å²) in [5.41, 5.74) is 0. The second kappa shape index (κ2) is 2.27. The number of hydrogen-bond acceptors (Lipinski definition) is 2. The van der Waals surface area contributed by atoms with Gasteiger partial charge in [-0.05, 0) is 19.3 Å². The molecule has 1 aliphatic rings. The van der Waals surface area contributed by atoms with Gasteiger partial charge in [-0.3, -0.25) is 0 Å². The molecular weight excluding hydrogens is 116 g/mol. The van der Waals surface area contributed by atoms with Gasteiger partial charge < -0.3 is 10.2 Å². The third kappa shape index (κ3) is 1.25. The quantitative estimate of drug-likeness (QED) is 0.517. The molecule has 2 heteroatoms. The predicted molar refractivity (Wildman–Crippen MR) is 34.8 cm³/mol. The van der Waals surface area contributed by atoms with Gasteiger partial charge >= 0.3 is 0 Å². The highest BCUT2D eigenvalue weighted by Crippen LogP contribution is 2.35. The van der Waals surface area contributed by atoms with Crippen LogP contribution < -0.4 is 0 Å². The minimum absolute atomic E-state index is 0.123. The van der Waals surface area contributed by atoms with E-state index in [1.54, 1.807) is 0 Å². The predicted octanol–water partition coefficient (Wildman–Crippen LogP) is 0.877. The Bertz CT molecular complexity index is 99.1. The van der Waals surface area contributed by atoms with Crippen molar-refractivity contribution in [3.05, 3.63) is 0 Å². The molecule has 0 saturated heterocycles. The van der Waals surface area contributed by atoms with Gasteiger partial charge in [-0.15, -0.1) is 0 Å². The second-order valence-electron chi connectivity index (χ2n) is 2.88. The summed E-state index contributed by atoms with van der Waals surface area (Å²) in [6, 6.07) is 0. The van der Waals surface area contributed by atoms with Gasteiger partial charge in [0, 0.05) is 12.3 Å². The molecule has 9 heavy (non-hydrogen) atoms. The van der Waals surface area contributed by atoms with Gasteiger partial charge in [-0.2, -0.15) is 0 Å². The molecule has 2 N–H and O–H groups in total. The van der Waals surface area contributed by atoms with Crippen molar-refractivity contribution < 1.29 is 10.2 Å². The van der Waals surface area contributed by atoms with Crippen molar-refractivity contribution in [3.8, 4) is 0 Å². The fraction of sp³-hybridized carbons (Fsp3) is 1.00. The average molecular weight is 130 g/mol. The zero-order valence-corrected chi connectivity index (χ0v) is 5.80. The molecule has 0 heterocycles. The van der Waals surface area contributed by atoms with Crippen LogP contribution >= 0.6 is 0 Å². The Balaban J connectivity index is 2.52. The van der Waals surface area contributed by atoms with E-state index in [1.807, 2.05) is 6.92 Å². The van der Waals surface area contributed by atoms with Crippen LogP contribution in [0.25, 0.3) is 0 Å². The summed E-state index contributed by atoms with van der Waals surface area (Å²) in [6.45, 7) is 2.00. The molecule has 0 bridgehead atoms. The maximum absolute atomic E-state index is 9.21. The molecule has 1 fully saturated rings. The van der Waals surface area contributed by atoms with E-state index in [9.17, 15) is 10.2 Å². The Hall–Kier alpha value is -0.0800. The minimum atomic E-state index is -1.34. The molecule has 0 aromatic rings. The lowest BCUT2D eigenvalue weighted by molar-refractivity contribution is -0.185. The van der Waals surface area contributed by atoms with Crippen molar-refractivity contribution in [2.45, 2.75) is 38.4 Å². The van der Waals surface area contributed by atoms with Crippen molar-refractivity contribution in [1.82, 2.24) is 0 Å². The first kappa shape index (κ1) is 7.03. The fourth-order valence-corrected chi connectivity index (χ4v) is 1.57. The first-order valence-corrected chi connectivity index (χ1v) is 3.61. The molecule has 1 aliphatic carbocycles. The van der Waals surface area contributed by atoms with Crippen LogP contribution in [-0.2, 0) is 0 Å². The van der Waals surface area contributed by atoms with E-state index in [2.05, 4.69) is 0 Å². The molecule has 0 spiro atoms. The Kier molecular flexibility index (Phi) is 1.78.